The molecule has 1 aromatic rings. The Bertz CT molecular complexity index is 330. The first-order chi connectivity index (χ1) is 7.72. The van der Waals surface area contributed by atoms with Crippen molar-refractivity contribution >= 4 is 5.78 Å². The molecule has 0 fully saturated rings. The Labute approximate surface area is 96.0 Å². The molecule has 0 saturated heterocycles. The van der Waals surface area contributed by atoms with Gasteiger partial charge in [-0.05, 0) is 18.9 Å². The Hall–Kier alpha value is -1.23. The van der Waals surface area contributed by atoms with Gasteiger partial charge in [0, 0.05) is 13.0 Å². The van der Waals surface area contributed by atoms with E-state index in [1.54, 1.807) is 10.9 Å². The molecule has 5 nitrogen and oxygen atoms in total. The van der Waals surface area contributed by atoms with Crippen LogP contribution >= 0.6 is 0 Å². The normalized spacial score (nSPS) is 12.7. The number of aromatic nitrogens is 3. The second-order valence-corrected chi connectivity index (χ2v) is 3.98. The first-order valence-corrected chi connectivity index (χ1v) is 5.84. The lowest BCUT2D eigenvalue weighted by Gasteiger charge is -2.11. The van der Waals surface area contributed by atoms with E-state index < -0.39 is 0 Å². The van der Waals surface area contributed by atoms with Gasteiger partial charge in [0.15, 0.2) is 5.78 Å². The summed E-state index contributed by atoms with van der Waals surface area (Å²) in [4.78, 5) is 12.0. The van der Waals surface area contributed by atoms with E-state index in [4.69, 9.17) is 5.73 Å². The van der Waals surface area contributed by atoms with Crippen molar-refractivity contribution in [2.45, 2.75) is 39.7 Å². The highest BCUT2D eigenvalue weighted by Crippen LogP contribution is 2.11. The second-order valence-electron chi connectivity index (χ2n) is 3.98. The zero-order valence-electron chi connectivity index (χ0n) is 10.0. The predicted molar refractivity (Wildman–Crippen MR) is 62.1 cm³/mol. The van der Waals surface area contributed by atoms with Crippen LogP contribution in [0.3, 0.4) is 0 Å². The monoisotopic (exact) mass is 224 g/mol. The maximum absolute atomic E-state index is 12.0. The first-order valence-electron chi connectivity index (χ1n) is 5.84. The van der Waals surface area contributed by atoms with E-state index in [2.05, 4.69) is 10.3 Å². The average molecular weight is 224 g/mol. The lowest BCUT2D eigenvalue weighted by molar-refractivity contribution is 0.0950. The molecule has 0 aromatic carbocycles. The summed E-state index contributed by atoms with van der Waals surface area (Å²) in [6, 6.07) is 0. The van der Waals surface area contributed by atoms with E-state index in [1.165, 1.54) is 0 Å². The summed E-state index contributed by atoms with van der Waals surface area (Å²) < 4.78 is 1.67. The average Bonchev–Trinajstić information content (AvgIpc) is 2.74. The van der Waals surface area contributed by atoms with Crippen LogP contribution in [-0.2, 0) is 6.54 Å². The summed E-state index contributed by atoms with van der Waals surface area (Å²) in [6.07, 6.45) is 3.90. The number of hydrogen-bond donors (Lipinski definition) is 1. The maximum Gasteiger partial charge on any atom is 0.182 e. The van der Waals surface area contributed by atoms with Gasteiger partial charge < -0.3 is 5.73 Å². The minimum absolute atomic E-state index is 0.0933. The topological polar surface area (TPSA) is 73.8 Å². The van der Waals surface area contributed by atoms with Gasteiger partial charge in [0.25, 0.3) is 0 Å². The predicted octanol–water partition coefficient (Wildman–Crippen LogP) is 1.25. The molecule has 1 aromatic heterocycles. The quantitative estimate of drug-likeness (QED) is 0.707. The molecule has 1 rings (SSSR count). The summed E-state index contributed by atoms with van der Waals surface area (Å²) in [6.45, 7) is 5.38. The molecular formula is C11H20N4O. The maximum atomic E-state index is 12.0. The minimum atomic E-state index is 0.0933. The van der Waals surface area contributed by atoms with Crippen molar-refractivity contribution in [2.24, 2.45) is 11.7 Å². The number of ketones is 1. The summed E-state index contributed by atoms with van der Waals surface area (Å²) in [7, 11) is 0. The second kappa shape index (κ2) is 6.37. The van der Waals surface area contributed by atoms with Crippen LogP contribution in [0.1, 0.15) is 43.6 Å². The van der Waals surface area contributed by atoms with Crippen LogP contribution < -0.4 is 5.73 Å². The zero-order chi connectivity index (χ0) is 12.0. The van der Waals surface area contributed by atoms with Gasteiger partial charge in [-0.1, -0.05) is 25.5 Å². The van der Waals surface area contributed by atoms with Crippen molar-refractivity contribution in [2.75, 3.05) is 6.54 Å². The molecule has 0 aliphatic heterocycles. The van der Waals surface area contributed by atoms with Crippen LogP contribution in [0.15, 0.2) is 6.20 Å². The van der Waals surface area contributed by atoms with Crippen molar-refractivity contribution in [1.29, 1.82) is 0 Å². The van der Waals surface area contributed by atoms with Crippen LogP contribution in [0.25, 0.3) is 0 Å². The van der Waals surface area contributed by atoms with E-state index in [-0.39, 0.29) is 11.7 Å². The van der Waals surface area contributed by atoms with Gasteiger partial charge in [-0.25, -0.2) is 4.68 Å². The van der Waals surface area contributed by atoms with Crippen LogP contribution in [0, 0.1) is 5.92 Å². The molecule has 1 heterocycles. The molecule has 16 heavy (non-hydrogen) atoms. The Kier molecular flexibility index (Phi) is 5.11. The molecule has 0 aliphatic carbocycles. The fraction of sp³-hybridized carbons (Fsp3) is 0.727. The van der Waals surface area contributed by atoms with Gasteiger partial charge in [0.05, 0.1) is 6.20 Å². The molecule has 0 radical (unpaired) electrons. The first kappa shape index (κ1) is 12.8. The minimum Gasteiger partial charge on any atom is -0.330 e. The van der Waals surface area contributed by atoms with E-state index in [1.807, 2.05) is 13.8 Å². The van der Waals surface area contributed by atoms with Gasteiger partial charge in [0.2, 0.25) is 0 Å². The van der Waals surface area contributed by atoms with Crippen LogP contribution in [-0.4, -0.2) is 27.3 Å². The van der Waals surface area contributed by atoms with Crippen molar-refractivity contribution in [3.05, 3.63) is 11.9 Å². The van der Waals surface area contributed by atoms with E-state index >= 15 is 0 Å². The highest BCUT2D eigenvalue weighted by atomic mass is 16.1. The molecule has 0 bridgehead atoms. The molecule has 0 aliphatic rings. The molecule has 0 spiro atoms. The Morgan fingerprint density at radius 2 is 2.31 bits per heavy atom. The number of Topliss-reactive ketones (excluding diaryl/α,β-unsaturated/α-hetero) is 1. The summed E-state index contributed by atoms with van der Waals surface area (Å²) in [5.41, 5.74) is 6.20. The largest absolute Gasteiger partial charge is 0.330 e. The van der Waals surface area contributed by atoms with Crippen molar-refractivity contribution in [3.63, 3.8) is 0 Å². The molecule has 0 amide bonds. The van der Waals surface area contributed by atoms with E-state index in [9.17, 15) is 4.79 Å². The fourth-order valence-electron chi connectivity index (χ4n) is 1.61. The van der Waals surface area contributed by atoms with Crippen LogP contribution in [0.4, 0.5) is 0 Å². The van der Waals surface area contributed by atoms with E-state index in [0.717, 1.165) is 19.4 Å². The van der Waals surface area contributed by atoms with Gasteiger partial charge in [-0.3, -0.25) is 4.79 Å². The van der Waals surface area contributed by atoms with Crippen molar-refractivity contribution < 1.29 is 4.79 Å². The Balaban J connectivity index is 2.68. The fourth-order valence-corrected chi connectivity index (χ4v) is 1.61. The van der Waals surface area contributed by atoms with Crippen molar-refractivity contribution in [1.82, 2.24) is 15.0 Å². The number of nitrogens with zero attached hydrogens (tertiary/aromatic N) is 3. The van der Waals surface area contributed by atoms with Gasteiger partial charge in [0.1, 0.15) is 5.69 Å². The molecule has 1 atom stereocenters. The number of aryl methyl sites for hydroxylation is 1. The standard InChI is InChI=1S/C11H20N4O/c1-3-5-15-10(8-13-14-15)11(16)6-9(4-2)7-12/h8-9H,3-7,12H2,1-2H3. The molecule has 5 heteroatoms. The number of hydrogen-bond acceptors (Lipinski definition) is 4. The van der Waals surface area contributed by atoms with Crippen LogP contribution in [0.2, 0.25) is 0 Å². The number of carbonyl (C=O) groups excluding carboxylic acids is 1. The molecule has 2 N–H and O–H groups in total. The molecular weight excluding hydrogens is 204 g/mol. The molecule has 0 saturated carbocycles. The lowest BCUT2D eigenvalue weighted by Crippen LogP contribution is -2.19. The van der Waals surface area contributed by atoms with Gasteiger partial charge >= 0.3 is 0 Å². The number of nitrogens with two attached hydrogens (primary N) is 1. The SMILES string of the molecule is CCCn1nncc1C(=O)CC(CC)CN. The number of carbonyl (C=O) groups is 1. The highest BCUT2D eigenvalue weighted by Gasteiger charge is 2.16. The van der Waals surface area contributed by atoms with Gasteiger partial charge in [-0.15, -0.1) is 5.10 Å². The summed E-state index contributed by atoms with van der Waals surface area (Å²) in [5, 5.41) is 7.68. The zero-order valence-corrected chi connectivity index (χ0v) is 10.0. The molecule has 90 valence electrons. The Morgan fingerprint density at radius 3 is 2.88 bits per heavy atom. The molecule has 1 unspecified atom stereocenters. The van der Waals surface area contributed by atoms with E-state index in [0.29, 0.717) is 18.7 Å². The lowest BCUT2D eigenvalue weighted by atomic mass is 9.99. The van der Waals surface area contributed by atoms with Gasteiger partial charge in [-0.2, -0.15) is 0 Å². The third kappa shape index (κ3) is 3.13. The summed E-state index contributed by atoms with van der Waals surface area (Å²) in [5.74, 6) is 0.355. The third-order valence-corrected chi connectivity index (χ3v) is 2.72. The van der Waals surface area contributed by atoms with Crippen molar-refractivity contribution in [3.8, 4) is 0 Å². The van der Waals surface area contributed by atoms with Crippen LogP contribution in [0.5, 0.6) is 0 Å². The third-order valence-electron chi connectivity index (χ3n) is 2.72. The number of rotatable bonds is 7. The highest BCUT2D eigenvalue weighted by molar-refractivity contribution is 5.94. The summed E-state index contributed by atoms with van der Waals surface area (Å²) >= 11 is 0. The Morgan fingerprint density at radius 1 is 1.56 bits per heavy atom. The smallest absolute Gasteiger partial charge is 0.182 e.